The lowest BCUT2D eigenvalue weighted by atomic mass is 9.85. The predicted molar refractivity (Wildman–Crippen MR) is 78.4 cm³/mol. The van der Waals surface area contributed by atoms with Crippen LogP contribution in [-0.2, 0) is 0 Å². The molecule has 1 saturated carbocycles. The Hall–Kier alpha value is -1.09. The van der Waals surface area contributed by atoms with Crippen LogP contribution in [0.15, 0.2) is 18.3 Å². The van der Waals surface area contributed by atoms with E-state index in [9.17, 15) is 0 Å². The first-order chi connectivity index (χ1) is 9.22. The van der Waals surface area contributed by atoms with Crippen LogP contribution < -0.4 is 10.1 Å². The van der Waals surface area contributed by atoms with Crippen molar-refractivity contribution < 1.29 is 4.74 Å². The minimum Gasteiger partial charge on any atom is -0.489 e. The smallest absolute Gasteiger partial charge is 0.138 e. The van der Waals surface area contributed by atoms with E-state index in [2.05, 4.69) is 30.2 Å². The maximum atomic E-state index is 6.07. The summed E-state index contributed by atoms with van der Waals surface area (Å²) in [6.45, 7) is 4.39. The fourth-order valence-corrected chi connectivity index (χ4v) is 2.78. The Morgan fingerprint density at radius 3 is 2.89 bits per heavy atom. The molecule has 0 aliphatic heterocycles. The van der Waals surface area contributed by atoms with Gasteiger partial charge in [-0.1, -0.05) is 19.8 Å². The fourth-order valence-electron chi connectivity index (χ4n) is 2.78. The van der Waals surface area contributed by atoms with Gasteiger partial charge in [-0.25, -0.2) is 0 Å². The summed E-state index contributed by atoms with van der Waals surface area (Å²) < 4.78 is 6.07. The van der Waals surface area contributed by atoms with E-state index in [0.29, 0.717) is 6.10 Å². The summed E-state index contributed by atoms with van der Waals surface area (Å²) in [5.41, 5.74) is 1.06. The van der Waals surface area contributed by atoms with Crippen LogP contribution in [0.1, 0.15) is 57.7 Å². The lowest BCUT2D eigenvalue weighted by molar-refractivity contribution is 0.121. The molecule has 1 aliphatic carbocycles. The van der Waals surface area contributed by atoms with E-state index < -0.39 is 0 Å². The van der Waals surface area contributed by atoms with Gasteiger partial charge in [0.05, 0.1) is 18.0 Å². The van der Waals surface area contributed by atoms with E-state index in [0.717, 1.165) is 17.4 Å². The van der Waals surface area contributed by atoms with E-state index in [1.54, 1.807) is 0 Å². The highest BCUT2D eigenvalue weighted by Crippen LogP contribution is 2.29. The number of hydrogen-bond donors (Lipinski definition) is 1. The molecule has 0 amide bonds. The number of rotatable bonds is 5. The summed E-state index contributed by atoms with van der Waals surface area (Å²) in [5, 5.41) is 3.19. The lowest BCUT2D eigenvalue weighted by Gasteiger charge is -2.28. The number of pyridine rings is 1. The Morgan fingerprint density at radius 1 is 1.42 bits per heavy atom. The normalized spacial score (nSPS) is 25.0. The molecule has 0 radical (unpaired) electrons. The number of ether oxygens (including phenoxy) is 1. The Balaban J connectivity index is 1.92. The summed E-state index contributed by atoms with van der Waals surface area (Å²) in [6, 6.07) is 4.38. The van der Waals surface area contributed by atoms with Crippen molar-refractivity contribution in [3.05, 3.63) is 24.0 Å². The zero-order valence-corrected chi connectivity index (χ0v) is 12.4. The van der Waals surface area contributed by atoms with Crippen LogP contribution in [0.5, 0.6) is 5.75 Å². The van der Waals surface area contributed by atoms with Gasteiger partial charge in [-0.05, 0) is 51.3 Å². The summed E-state index contributed by atoms with van der Waals surface area (Å²) >= 11 is 0. The third-order valence-corrected chi connectivity index (χ3v) is 4.25. The maximum absolute atomic E-state index is 6.07. The molecule has 2 rings (SSSR count). The van der Waals surface area contributed by atoms with Gasteiger partial charge < -0.3 is 10.1 Å². The molecule has 1 heterocycles. The molecule has 1 fully saturated rings. The zero-order valence-electron chi connectivity index (χ0n) is 12.4. The molecule has 3 unspecified atom stereocenters. The number of aromatic nitrogens is 1. The van der Waals surface area contributed by atoms with Crippen molar-refractivity contribution >= 4 is 0 Å². The molecule has 1 aliphatic rings. The second-order valence-electron chi connectivity index (χ2n) is 5.61. The van der Waals surface area contributed by atoms with Gasteiger partial charge in [-0.3, -0.25) is 4.98 Å². The van der Waals surface area contributed by atoms with E-state index in [4.69, 9.17) is 4.74 Å². The monoisotopic (exact) mass is 262 g/mol. The van der Waals surface area contributed by atoms with Crippen LogP contribution in [0.4, 0.5) is 0 Å². The topological polar surface area (TPSA) is 34.1 Å². The molecule has 1 aromatic heterocycles. The van der Waals surface area contributed by atoms with E-state index in [1.807, 2.05) is 19.3 Å². The van der Waals surface area contributed by atoms with Crippen molar-refractivity contribution in [1.29, 1.82) is 0 Å². The van der Waals surface area contributed by atoms with Crippen molar-refractivity contribution in [1.82, 2.24) is 10.3 Å². The van der Waals surface area contributed by atoms with Gasteiger partial charge >= 0.3 is 0 Å². The number of hydrogen-bond acceptors (Lipinski definition) is 3. The largest absolute Gasteiger partial charge is 0.489 e. The predicted octanol–water partition coefficient (Wildman–Crippen LogP) is 3.71. The Kier molecular flexibility index (Phi) is 5.20. The highest BCUT2D eigenvalue weighted by molar-refractivity contribution is 5.21. The molecular weight excluding hydrogens is 236 g/mol. The number of nitrogens with zero attached hydrogens (tertiary/aromatic N) is 1. The van der Waals surface area contributed by atoms with Gasteiger partial charge in [0.1, 0.15) is 5.75 Å². The van der Waals surface area contributed by atoms with Crippen molar-refractivity contribution in [2.24, 2.45) is 5.92 Å². The average Bonchev–Trinajstić information content (AvgIpc) is 2.47. The van der Waals surface area contributed by atoms with Crippen LogP contribution in [0.25, 0.3) is 0 Å². The minimum atomic E-state index is 0.285. The van der Waals surface area contributed by atoms with Crippen LogP contribution >= 0.6 is 0 Å². The minimum absolute atomic E-state index is 0.285. The quantitative estimate of drug-likeness (QED) is 0.878. The van der Waals surface area contributed by atoms with Crippen molar-refractivity contribution in [2.45, 2.75) is 58.1 Å². The third-order valence-electron chi connectivity index (χ3n) is 4.25. The Bertz CT molecular complexity index is 377. The van der Waals surface area contributed by atoms with Gasteiger partial charge in [-0.2, -0.15) is 0 Å². The van der Waals surface area contributed by atoms with Crippen LogP contribution in [0.3, 0.4) is 0 Å². The summed E-state index contributed by atoms with van der Waals surface area (Å²) in [4.78, 5) is 4.47. The molecule has 0 spiro atoms. The zero-order chi connectivity index (χ0) is 13.7. The highest BCUT2D eigenvalue weighted by Gasteiger charge is 2.22. The molecule has 0 saturated heterocycles. The first-order valence-electron chi connectivity index (χ1n) is 7.52. The Labute approximate surface area is 116 Å². The van der Waals surface area contributed by atoms with Crippen LogP contribution in [0, 0.1) is 5.92 Å². The van der Waals surface area contributed by atoms with Gasteiger partial charge in [0, 0.05) is 6.04 Å². The Morgan fingerprint density at radius 2 is 2.26 bits per heavy atom. The summed E-state index contributed by atoms with van der Waals surface area (Å²) in [5.74, 6) is 1.75. The first-order valence-corrected chi connectivity index (χ1v) is 7.52. The summed E-state index contributed by atoms with van der Waals surface area (Å²) in [7, 11) is 1.95. The van der Waals surface area contributed by atoms with Crippen LogP contribution in [0.2, 0.25) is 0 Å². The van der Waals surface area contributed by atoms with Crippen molar-refractivity contribution in [2.75, 3.05) is 7.05 Å². The van der Waals surface area contributed by atoms with Gasteiger partial charge in [0.2, 0.25) is 0 Å². The fraction of sp³-hybridized carbons (Fsp3) is 0.688. The van der Waals surface area contributed by atoms with E-state index in [1.165, 1.54) is 32.1 Å². The molecule has 19 heavy (non-hydrogen) atoms. The van der Waals surface area contributed by atoms with Gasteiger partial charge in [0.25, 0.3) is 0 Å². The first kappa shape index (κ1) is 14.3. The van der Waals surface area contributed by atoms with Gasteiger partial charge in [0.15, 0.2) is 0 Å². The van der Waals surface area contributed by atoms with Gasteiger partial charge in [-0.15, -0.1) is 0 Å². The second kappa shape index (κ2) is 6.90. The molecule has 1 aromatic rings. The van der Waals surface area contributed by atoms with Crippen LogP contribution in [-0.4, -0.2) is 18.1 Å². The molecule has 3 nitrogen and oxygen atoms in total. The molecule has 3 atom stereocenters. The van der Waals surface area contributed by atoms with E-state index in [-0.39, 0.29) is 6.04 Å². The maximum Gasteiger partial charge on any atom is 0.138 e. The standard InChI is InChI=1S/C16H26N2O/c1-4-13-6-5-7-14(10-13)19-15-8-9-16(18-11-15)12(2)17-3/h8-9,11-14,17H,4-7,10H2,1-3H3. The molecule has 3 heteroatoms. The average molecular weight is 262 g/mol. The second-order valence-corrected chi connectivity index (χ2v) is 5.61. The molecular formula is C16H26N2O. The molecule has 0 aromatic carbocycles. The SMILES string of the molecule is CCC1CCCC(Oc2ccc(C(C)NC)nc2)C1. The van der Waals surface area contributed by atoms with Crippen molar-refractivity contribution in [3.8, 4) is 5.75 Å². The number of nitrogens with one attached hydrogen (secondary N) is 1. The van der Waals surface area contributed by atoms with E-state index >= 15 is 0 Å². The molecule has 0 bridgehead atoms. The molecule has 1 N–H and O–H groups in total. The lowest BCUT2D eigenvalue weighted by Crippen LogP contribution is -2.25. The highest BCUT2D eigenvalue weighted by atomic mass is 16.5. The third kappa shape index (κ3) is 3.93. The summed E-state index contributed by atoms with van der Waals surface area (Å²) in [6.07, 6.45) is 8.57. The van der Waals surface area contributed by atoms with Crippen molar-refractivity contribution in [3.63, 3.8) is 0 Å². The molecule has 106 valence electrons.